The van der Waals surface area contributed by atoms with Crippen molar-refractivity contribution in [2.75, 3.05) is 6.61 Å². The molecule has 0 unspecified atom stereocenters. The molecule has 0 saturated carbocycles. The predicted octanol–water partition coefficient (Wildman–Crippen LogP) is 4.36. The largest absolute Gasteiger partial charge is 0.456 e. The molecule has 0 spiro atoms. The topological polar surface area (TPSA) is 67.4 Å². The molecule has 12 heteroatoms. The number of rotatable bonds is 4. The van der Waals surface area contributed by atoms with Crippen LogP contribution in [0.4, 0.5) is 26.7 Å². The van der Waals surface area contributed by atoms with Crippen molar-refractivity contribution in [2.24, 2.45) is 0 Å². The van der Waals surface area contributed by atoms with Gasteiger partial charge in [0.2, 0.25) is 0 Å². The molecule has 0 fully saturated rings. The van der Waals surface area contributed by atoms with Crippen LogP contribution in [0.2, 0.25) is 10.0 Å². The molecule has 2 amide bonds. The Morgan fingerprint density at radius 1 is 1.19 bits per heavy atom. The van der Waals surface area contributed by atoms with Gasteiger partial charge in [0.1, 0.15) is 0 Å². The van der Waals surface area contributed by atoms with E-state index in [9.17, 15) is 31.5 Å². The molecule has 1 heterocycles. The first-order valence-electron chi connectivity index (χ1n) is 7.18. The third-order valence-electron chi connectivity index (χ3n) is 3.57. The van der Waals surface area contributed by atoms with Crippen LogP contribution in [0.3, 0.4) is 0 Å². The van der Waals surface area contributed by atoms with Crippen molar-refractivity contribution in [2.45, 2.75) is 25.1 Å². The number of hydrogen-bond donors (Lipinski definition) is 2. The lowest BCUT2D eigenvalue weighted by Crippen LogP contribution is -2.46. The molecule has 148 valence electrons. The third-order valence-corrected chi connectivity index (χ3v) is 4.30. The number of carbonyl (C=O) groups excluding carboxylic acids is 2. The number of ether oxygens (including phenoxy) is 1. The van der Waals surface area contributed by atoms with E-state index in [0.717, 1.165) is 0 Å². The summed E-state index contributed by atoms with van der Waals surface area (Å²) in [6, 6.07) is 2.16. The Balaban J connectivity index is 2.32. The zero-order chi connectivity index (χ0) is 20.6. The molecule has 2 N–H and O–H groups in total. The van der Waals surface area contributed by atoms with Crippen molar-refractivity contribution in [1.29, 1.82) is 0 Å². The van der Waals surface area contributed by atoms with E-state index >= 15 is 0 Å². The minimum atomic E-state index is -5.88. The average Bonchev–Trinajstić information content (AvgIpc) is 2.53. The van der Waals surface area contributed by atoms with E-state index in [1.54, 1.807) is 0 Å². The van der Waals surface area contributed by atoms with Crippen LogP contribution in [0.15, 0.2) is 29.5 Å². The third kappa shape index (κ3) is 4.62. The van der Waals surface area contributed by atoms with E-state index in [4.69, 9.17) is 23.2 Å². The van der Waals surface area contributed by atoms with Gasteiger partial charge in [0.05, 0.1) is 21.7 Å². The van der Waals surface area contributed by atoms with Crippen molar-refractivity contribution < 1.29 is 36.3 Å². The van der Waals surface area contributed by atoms with Crippen LogP contribution < -0.4 is 10.6 Å². The number of halogens is 7. The molecule has 27 heavy (non-hydrogen) atoms. The Morgan fingerprint density at radius 3 is 2.37 bits per heavy atom. The van der Waals surface area contributed by atoms with Crippen LogP contribution in [-0.4, -0.2) is 30.7 Å². The van der Waals surface area contributed by atoms with Crippen LogP contribution in [-0.2, 0) is 9.53 Å². The summed E-state index contributed by atoms with van der Waals surface area (Å²) in [7, 11) is 0. The van der Waals surface area contributed by atoms with Gasteiger partial charge in [-0.25, -0.2) is 9.59 Å². The number of allylic oxidation sites excluding steroid dienone is 1. The van der Waals surface area contributed by atoms with Gasteiger partial charge < -0.3 is 15.4 Å². The number of amides is 2. The summed E-state index contributed by atoms with van der Waals surface area (Å²) >= 11 is 11.7. The summed E-state index contributed by atoms with van der Waals surface area (Å²) in [6.45, 7) is -0.935. The highest BCUT2D eigenvalue weighted by atomic mass is 35.5. The number of nitrogens with one attached hydrogen (secondary N) is 2. The Labute approximate surface area is 159 Å². The maximum Gasteiger partial charge on any atom is 0.456 e. The van der Waals surface area contributed by atoms with E-state index in [2.05, 4.69) is 15.4 Å². The van der Waals surface area contributed by atoms with Crippen molar-refractivity contribution in [3.05, 3.63) is 45.1 Å². The average molecular weight is 433 g/mol. The van der Waals surface area contributed by atoms with E-state index in [1.165, 1.54) is 25.1 Å². The van der Waals surface area contributed by atoms with Crippen molar-refractivity contribution in [3.63, 3.8) is 0 Å². The summed E-state index contributed by atoms with van der Waals surface area (Å²) in [5.74, 6) is -6.68. The van der Waals surface area contributed by atoms with Gasteiger partial charge in [-0.15, -0.1) is 0 Å². The highest BCUT2D eigenvalue weighted by molar-refractivity contribution is 6.42. The van der Waals surface area contributed by atoms with E-state index in [0.29, 0.717) is 0 Å². The van der Waals surface area contributed by atoms with Crippen molar-refractivity contribution >= 4 is 35.2 Å². The fourth-order valence-electron chi connectivity index (χ4n) is 2.22. The van der Waals surface area contributed by atoms with Crippen LogP contribution in [0.25, 0.3) is 0 Å². The van der Waals surface area contributed by atoms with Gasteiger partial charge in [-0.3, -0.25) is 0 Å². The standard InChI is InChI=1S/C15H11Cl2F5N2O3/c1-6-10(12(25)27-5-14(18,19)15(20,21)22)11(24-13(26)23-6)7-2-3-8(16)9(17)4-7/h2-4,11H,5H2,1H3,(H2,23,24,26)/t11-/m0/s1. The zero-order valence-corrected chi connectivity index (χ0v) is 14.9. The Morgan fingerprint density at radius 2 is 1.81 bits per heavy atom. The molecule has 0 bridgehead atoms. The van der Waals surface area contributed by atoms with Gasteiger partial charge in [-0.05, 0) is 24.6 Å². The molecule has 1 aromatic rings. The van der Waals surface area contributed by atoms with Crippen LogP contribution >= 0.6 is 23.2 Å². The number of alkyl halides is 5. The lowest BCUT2D eigenvalue weighted by Gasteiger charge is -2.29. The summed E-state index contributed by atoms with van der Waals surface area (Å²) in [5.41, 5.74) is -0.186. The van der Waals surface area contributed by atoms with E-state index in [1.807, 2.05) is 0 Å². The smallest absolute Gasteiger partial charge is 0.455 e. The number of urea groups is 1. The fourth-order valence-corrected chi connectivity index (χ4v) is 2.53. The number of benzene rings is 1. The highest BCUT2D eigenvalue weighted by Crippen LogP contribution is 2.36. The van der Waals surface area contributed by atoms with Crippen molar-refractivity contribution in [3.8, 4) is 0 Å². The normalized spacial score (nSPS) is 18.1. The minimum Gasteiger partial charge on any atom is -0.455 e. The van der Waals surface area contributed by atoms with Gasteiger partial charge in [0, 0.05) is 5.70 Å². The zero-order valence-electron chi connectivity index (χ0n) is 13.4. The minimum absolute atomic E-state index is 0.0739. The molecule has 1 aromatic carbocycles. The maximum atomic E-state index is 13.0. The second-order valence-corrected chi connectivity index (χ2v) is 6.34. The summed E-state index contributed by atoms with van der Waals surface area (Å²) < 4.78 is 66.8. The molecular formula is C15H11Cl2F5N2O3. The van der Waals surface area contributed by atoms with Gasteiger partial charge in [0.15, 0.2) is 6.61 Å². The molecule has 0 aromatic heterocycles. The monoisotopic (exact) mass is 432 g/mol. The van der Waals surface area contributed by atoms with Gasteiger partial charge in [0.25, 0.3) is 0 Å². The lowest BCUT2D eigenvalue weighted by atomic mass is 9.95. The van der Waals surface area contributed by atoms with Crippen molar-refractivity contribution in [1.82, 2.24) is 10.6 Å². The number of hydrogen-bond acceptors (Lipinski definition) is 3. The first-order chi connectivity index (χ1) is 12.3. The molecule has 0 radical (unpaired) electrons. The Kier molecular flexibility index (Phi) is 5.91. The first kappa shape index (κ1) is 21.2. The first-order valence-corrected chi connectivity index (χ1v) is 7.94. The van der Waals surface area contributed by atoms with Gasteiger partial charge in [-0.2, -0.15) is 22.0 Å². The summed E-state index contributed by atoms with van der Waals surface area (Å²) in [6.07, 6.45) is -5.88. The number of carbonyl (C=O) groups is 2. The summed E-state index contributed by atoms with van der Waals surface area (Å²) in [4.78, 5) is 23.9. The molecule has 1 aliphatic heterocycles. The summed E-state index contributed by atoms with van der Waals surface area (Å²) in [5, 5.41) is 4.83. The predicted molar refractivity (Wildman–Crippen MR) is 85.5 cm³/mol. The molecule has 0 aliphatic carbocycles. The maximum absolute atomic E-state index is 13.0. The number of esters is 1. The molecule has 1 aliphatic rings. The quantitative estimate of drug-likeness (QED) is 0.548. The molecule has 1 atom stereocenters. The SMILES string of the molecule is CC1=C(C(=O)OCC(F)(F)C(F)(F)F)[C@H](c2ccc(Cl)c(Cl)c2)NC(=O)N1. The van der Waals surface area contributed by atoms with E-state index < -0.39 is 36.7 Å². The highest BCUT2D eigenvalue weighted by Gasteiger charge is 2.58. The van der Waals surface area contributed by atoms with E-state index in [-0.39, 0.29) is 26.9 Å². The molecule has 5 nitrogen and oxygen atoms in total. The van der Waals surface area contributed by atoms with Gasteiger partial charge in [-0.1, -0.05) is 29.3 Å². The molecular weight excluding hydrogens is 422 g/mol. The second kappa shape index (κ2) is 7.51. The fraction of sp³-hybridized carbons (Fsp3) is 0.333. The Bertz CT molecular complexity index is 811. The lowest BCUT2D eigenvalue weighted by molar-refractivity contribution is -0.293. The van der Waals surface area contributed by atoms with Crippen LogP contribution in [0.1, 0.15) is 18.5 Å². The molecule has 0 saturated heterocycles. The second-order valence-electron chi connectivity index (χ2n) is 5.52. The van der Waals surface area contributed by atoms with Crippen LogP contribution in [0, 0.1) is 0 Å². The van der Waals surface area contributed by atoms with Crippen LogP contribution in [0.5, 0.6) is 0 Å². The molecule has 2 rings (SSSR count). The Hall–Kier alpha value is -2.07. The van der Waals surface area contributed by atoms with Gasteiger partial charge >= 0.3 is 24.1 Å².